The molecule has 0 spiro atoms. The van der Waals surface area contributed by atoms with Crippen molar-refractivity contribution in [3.8, 4) is 0 Å². The Hall–Kier alpha value is -2.80. The van der Waals surface area contributed by atoms with Crippen LogP contribution in [0.2, 0.25) is 0 Å². The fourth-order valence-corrected chi connectivity index (χ4v) is 2.74. The zero-order valence-electron chi connectivity index (χ0n) is 12.4. The smallest absolute Gasteiger partial charge is 0.230 e. The monoisotopic (exact) mass is 345 g/mol. The zero-order chi connectivity index (χ0) is 16.9. The van der Waals surface area contributed by atoms with E-state index in [0.29, 0.717) is 22.2 Å². The van der Waals surface area contributed by atoms with Crippen molar-refractivity contribution in [3.05, 3.63) is 71.2 Å². The molecule has 4 nitrogen and oxygen atoms in total. The standard InChI is InChI=1S/C17H13F2N3OS/c18-11-1-5-13(6-2-11)20-16(23)9-15-10-24-17(22-15)21-14-7-3-12(19)4-8-14/h1-8,10H,9H2,(H,20,23)(H,21,22). The van der Waals surface area contributed by atoms with Crippen molar-refractivity contribution in [2.45, 2.75) is 6.42 Å². The number of benzene rings is 2. The van der Waals surface area contributed by atoms with Gasteiger partial charge in [-0.05, 0) is 48.5 Å². The van der Waals surface area contributed by atoms with Crippen LogP contribution in [-0.4, -0.2) is 10.9 Å². The lowest BCUT2D eigenvalue weighted by Crippen LogP contribution is -2.14. The Kier molecular flexibility index (Phi) is 4.81. The first-order valence-corrected chi connectivity index (χ1v) is 7.99. The highest BCUT2D eigenvalue weighted by molar-refractivity contribution is 7.13. The number of carbonyl (C=O) groups excluding carboxylic acids is 1. The first-order chi connectivity index (χ1) is 11.6. The van der Waals surface area contributed by atoms with Gasteiger partial charge < -0.3 is 10.6 Å². The van der Waals surface area contributed by atoms with Crippen molar-refractivity contribution in [2.24, 2.45) is 0 Å². The summed E-state index contributed by atoms with van der Waals surface area (Å²) in [6.45, 7) is 0. The van der Waals surface area contributed by atoms with Crippen LogP contribution in [0.5, 0.6) is 0 Å². The number of rotatable bonds is 5. The predicted molar refractivity (Wildman–Crippen MR) is 90.5 cm³/mol. The van der Waals surface area contributed by atoms with Gasteiger partial charge in [0.2, 0.25) is 5.91 Å². The first kappa shape index (κ1) is 16.1. The number of anilines is 3. The number of halogens is 2. The van der Waals surface area contributed by atoms with Gasteiger partial charge in [0.25, 0.3) is 0 Å². The molecule has 0 atom stereocenters. The summed E-state index contributed by atoms with van der Waals surface area (Å²) in [4.78, 5) is 16.3. The summed E-state index contributed by atoms with van der Waals surface area (Å²) in [5.74, 6) is -0.901. The fraction of sp³-hybridized carbons (Fsp3) is 0.0588. The quantitative estimate of drug-likeness (QED) is 0.723. The summed E-state index contributed by atoms with van der Waals surface area (Å²) in [6, 6.07) is 11.5. The van der Waals surface area contributed by atoms with E-state index in [1.165, 1.54) is 47.7 Å². The fourth-order valence-electron chi connectivity index (χ4n) is 2.01. The predicted octanol–water partition coefficient (Wildman–Crippen LogP) is 4.35. The number of thiazole rings is 1. The third kappa shape index (κ3) is 4.36. The number of hydrogen-bond donors (Lipinski definition) is 2. The molecule has 3 aromatic rings. The Morgan fingerprint density at radius 3 is 2.17 bits per heavy atom. The van der Waals surface area contributed by atoms with E-state index >= 15 is 0 Å². The molecular formula is C17H13F2N3OS. The van der Waals surface area contributed by atoms with Gasteiger partial charge in [0.05, 0.1) is 12.1 Å². The average molecular weight is 345 g/mol. The summed E-state index contributed by atoms with van der Waals surface area (Å²) in [6.07, 6.45) is 0.110. The first-order valence-electron chi connectivity index (χ1n) is 7.11. The second-order valence-electron chi connectivity index (χ2n) is 5.01. The number of nitrogens with one attached hydrogen (secondary N) is 2. The molecule has 7 heteroatoms. The van der Waals surface area contributed by atoms with Gasteiger partial charge in [-0.25, -0.2) is 13.8 Å². The average Bonchev–Trinajstić information content (AvgIpc) is 2.99. The molecule has 122 valence electrons. The number of amides is 1. The Bertz CT molecular complexity index is 832. The second-order valence-corrected chi connectivity index (χ2v) is 5.87. The van der Waals surface area contributed by atoms with Crippen molar-refractivity contribution in [2.75, 3.05) is 10.6 Å². The lowest BCUT2D eigenvalue weighted by atomic mass is 10.3. The van der Waals surface area contributed by atoms with Crippen LogP contribution in [0.3, 0.4) is 0 Å². The van der Waals surface area contributed by atoms with E-state index in [0.717, 1.165) is 0 Å². The highest BCUT2D eigenvalue weighted by Gasteiger charge is 2.08. The minimum atomic E-state index is -0.357. The topological polar surface area (TPSA) is 54.0 Å². The normalized spacial score (nSPS) is 10.4. The molecule has 0 saturated carbocycles. The van der Waals surface area contributed by atoms with Crippen molar-refractivity contribution in [1.82, 2.24) is 4.98 Å². The molecule has 3 rings (SSSR count). The van der Waals surface area contributed by atoms with E-state index in [4.69, 9.17) is 0 Å². The Balaban J connectivity index is 1.58. The minimum Gasteiger partial charge on any atom is -0.332 e. The third-order valence-corrected chi connectivity index (χ3v) is 3.92. The van der Waals surface area contributed by atoms with Crippen molar-refractivity contribution in [1.29, 1.82) is 0 Å². The van der Waals surface area contributed by atoms with Gasteiger partial charge in [-0.15, -0.1) is 11.3 Å². The van der Waals surface area contributed by atoms with E-state index in [1.807, 2.05) is 0 Å². The largest absolute Gasteiger partial charge is 0.332 e. The molecule has 0 aliphatic heterocycles. The molecular weight excluding hydrogens is 332 g/mol. The van der Waals surface area contributed by atoms with Crippen LogP contribution in [0.15, 0.2) is 53.9 Å². The molecule has 0 unspecified atom stereocenters. The maximum atomic E-state index is 12.9. The Labute approximate surface area is 141 Å². The summed E-state index contributed by atoms with van der Waals surface area (Å²) >= 11 is 1.35. The molecule has 0 aliphatic carbocycles. The van der Waals surface area contributed by atoms with Gasteiger partial charge in [0.15, 0.2) is 5.13 Å². The summed E-state index contributed by atoms with van der Waals surface area (Å²) in [5, 5.41) is 8.12. The zero-order valence-corrected chi connectivity index (χ0v) is 13.2. The number of hydrogen-bond acceptors (Lipinski definition) is 4. The third-order valence-electron chi connectivity index (χ3n) is 3.12. The molecule has 0 radical (unpaired) electrons. The summed E-state index contributed by atoms with van der Waals surface area (Å²) in [7, 11) is 0. The van der Waals surface area contributed by atoms with Crippen LogP contribution >= 0.6 is 11.3 Å². The molecule has 0 aliphatic rings. The minimum absolute atomic E-state index is 0.110. The Morgan fingerprint density at radius 1 is 0.958 bits per heavy atom. The van der Waals surface area contributed by atoms with Crippen LogP contribution < -0.4 is 10.6 Å². The highest BCUT2D eigenvalue weighted by Crippen LogP contribution is 2.21. The number of aromatic nitrogens is 1. The molecule has 2 aromatic carbocycles. The van der Waals surface area contributed by atoms with Gasteiger partial charge in [-0.3, -0.25) is 4.79 Å². The van der Waals surface area contributed by atoms with Gasteiger partial charge in [0.1, 0.15) is 11.6 Å². The number of carbonyl (C=O) groups is 1. The molecule has 0 saturated heterocycles. The lowest BCUT2D eigenvalue weighted by Gasteiger charge is -2.04. The summed E-state index contributed by atoms with van der Waals surface area (Å²) in [5.41, 5.74) is 1.86. The molecule has 2 N–H and O–H groups in total. The maximum absolute atomic E-state index is 12.9. The van der Waals surface area contributed by atoms with Crippen LogP contribution in [-0.2, 0) is 11.2 Å². The van der Waals surface area contributed by atoms with Crippen LogP contribution in [0.25, 0.3) is 0 Å². The molecule has 0 bridgehead atoms. The van der Waals surface area contributed by atoms with Crippen LogP contribution in [0, 0.1) is 11.6 Å². The van der Waals surface area contributed by atoms with Crippen LogP contribution in [0.1, 0.15) is 5.69 Å². The summed E-state index contributed by atoms with van der Waals surface area (Å²) < 4.78 is 25.7. The van der Waals surface area contributed by atoms with Crippen molar-refractivity contribution < 1.29 is 13.6 Å². The van der Waals surface area contributed by atoms with E-state index in [-0.39, 0.29) is 24.0 Å². The van der Waals surface area contributed by atoms with E-state index < -0.39 is 0 Å². The van der Waals surface area contributed by atoms with Gasteiger partial charge in [0, 0.05) is 16.8 Å². The van der Waals surface area contributed by atoms with Crippen molar-refractivity contribution >= 4 is 33.8 Å². The molecule has 0 fully saturated rings. The van der Waals surface area contributed by atoms with E-state index in [9.17, 15) is 13.6 Å². The molecule has 1 aromatic heterocycles. The number of nitrogens with zero attached hydrogens (tertiary/aromatic N) is 1. The van der Waals surface area contributed by atoms with Gasteiger partial charge in [-0.1, -0.05) is 0 Å². The molecule has 1 heterocycles. The van der Waals surface area contributed by atoms with E-state index in [2.05, 4.69) is 15.6 Å². The SMILES string of the molecule is O=C(Cc1csc(Nc2ccc(F)cc2)n1)Nc1ccc(F)cc1. The van der Waals surface area contributed by atoms with Gasteiger partial charge >= 0.3 is 0 Å². The highest BCUT2D eigenvalue weighted by atomic mass is 32.1. The van der Waals surface area contributed by atoms with Crippen molar-refractivity contribution in [3.63, 3.8) is 0 Å². The van der Waals surface area contributed by atoms with E-state index in [1.54, 1.807) is 17.5 Å². The molecule has 1 amide bonds. The van der Waals surface area contributed by atoms with Crippen LogP contribution in [0.4, 0.5) is 25.3 Å². The van der Waals surface area contributed by atoms with Gasteiger partial charge in [-0.2, -0.15) is 0 Å². The maximum Gasteiger partial charge on any atom is 0.230 e. The Morgan fingerprint density at radius 2 is 1.54 bits per heavy atom. The lowest BCUT2D eigenvalue weighted by molar-refractivity contribution is -0.115. The second kappa shape index (κ2) is 7.18. The molecule has 24 heavy (non-hydrogen) atoms.